The molecule has 0 radical (unpaired) electrons. The molecule has 0 spiro atoms. The lowest BCUT2D eigenvalue weighted by Crippen LogP contribution is -2.03. The Morgan fingerprint density at radius 1 is 0.708 bits per heavy atom. The van der Waals surface area contributed by atoms with Gasteiger partial charge in [0.2, 0.25) is 0 Å². The molecule has 0 heterocycles. The third kappa shape index (κ3) is 5.06. The topological polar surface area (TPSA) is 17.1 Å². The Hall–Kier alpha value is -1.89. The molecule has 2 aromatic rings. The smallest absolute Gasteiger partial charge is 0.193 e. The summed E-state index contributed by atoms with van der Waals surface area (Å²) in [5.74, 6) is 1.48. The highest BCUT2D eigenvalue weighted by Crippen LogP contribution is 2.17. The van der Waals surface area contributed by atoms with Crippen LogP contribution in [0.5, 0.6) is 0 Å². The van der Waals surface area contributed by atoms with Crippen LogP contribution in [0.4, 0.5) is 0 Å². The van der Waals surface area contributed by atoms with E-state index in [1.165, 1.54) is 24.0 Å². The van der Waals surface area contributed by atoms with Crippen LogP contribution >= 0.6 is 0 Å². The van der Waals surface area contributed by atoms with E-state index in [4.69, 9.17) is 0 Å². The standard InChI is InChI=1S/C23H30O/c1-5-17(3)15-19-7-11-21(12-8-19)23(24)22-13-9-20(10-14-22)16-18(4)6-2/h7-14,17-18H,5-6,15-16H2,1-4H3. The van der Waals surface area contributed by atoms with Gasteiger partial charge in [-0.2, -0.15) is 0 Å². The van der Waals surface area contributed by atoms with E-state index in [1.807, 2.05) is 24.3 Å². The van der Waals surface area contributed by atoms with Crippen molar-refractivity contribution in [3.8, 4) is 0 Å². The molecule has 2 atom stereocenters. The average Bonchev–Trinajstić information content (AvgIpc) is 2.62. The predicted octanol–water partition coefficient (Wildman–Crippen LogP) is 6.09. The van der Waals surface area contributed by atoms with Gasteiger partial charge >= 0.3 is 0 Å². The van der Waals surface area contributed by atoms with E-state index in [1.54, 1.807) is 0 Å². The van der Waals surface area contributed by atoms with Crippen LogP contribution in [-0.2, 0) is 12.8 Å². The monoisotopic (exact) mass is 322 g/mol. The van der Waals surface area contributed by atoms with Gasteiger partial charge in [-0.3, -0.25) is 4.79 Å². The first-order chi connectivity index (χ1) is 11.5. The van der Waals surface area contributed by atoms with Crippen LogP contribution in [-0.4, -0.2) is 5.78 Å². The number of rotatable bonds is 8. The first-order valence-electron chi connectivity index (χ1n) is 9.26. The van der Waals surface area contributed by atoms with E-state index in [-0.39, 0.29) is 5.78 Å². The third-order valence-electron chi connectivity index (χ3n) is 4.99. The fourth-order valence-corrected chi connectivity index (χ4v) is 2.84. The van der Waals surface area contributed by atoms with Crippen LogP contribution in [0.1, 0.15) is 67.6 Å². The molecule has 0 amide bonds. The van der Waals surface area contributed by atoms with Crippen molar-refractivity contribution in [1.82, 2.24) is 0 Å². The molecule has 2 unspecified atom stereocenters. The maximum Gasteiger partial charge on any atom is 0.193 e. The lowest BCUT2D eigenvalue weighted by atomic mass is 9.95. The van der Waals surface area contributed by atoms with Crippen molar-refractivity contribution in [3.05, 3.63) is 70.8 Å². The van der Waals surface area contributed by atoms with Crippen LogP contribution < -0.4 is 0 Å². The Bertz CT molecular complexity index is 579. The molecule has 0 saturated carbocycles. The fourth-order valence-electron chi connectivity index (χ4n) is 2.84. The van der Waals surface area contributed by atoms with E-state index in [2.05, 4.69) is 52.0 Å². The second kappa shape index (κ2) is 8.82. The number of benzene rings is 2. The van der Waals surface area contributed by atoms with Crippen LogP contribution in [0.3, 0.4) is 0 Å². The van der Waals surface area contributed by atoms with Crippen molar-refractivity contribution in [2.45, 2.75) is 53.4 Å². The molecule has 2 aromatic carbocycles. The molecule has 0 aromatic heterocycles. The van der Waals surface area contributed by atoms with Gasteiger partial charge in [-0.25, -0.2) is 0 Å². The van der Waals surface area contributed by atoms with Gasteiger partial charge in [0.15, 0.2) is 5.78 Å². The van der Waals surface area contributed by atoms with Crippen molar-refractivity contribution in [2.24, 2.45) is 11.8 Å². The zero-order chi connectivity index (χ0) is 17.5. The molecule has 0 aliphatic carbocycles. The zero-order valence-corrected chi connectivity index (χ0v) is 15.5. The normalized spacial score (nSPS) is 13.5. The molecule has 0 aliphatic rings. The molecule has 0 fully saturated rings. The quantitative estimate of drug-likeness (QED) is 0.537. The Balaban J connectivity index is 2.05. The lowest BCUT2D eigenvalue weighted by molar-refractivity contribution is 0.103. The van der Waals surface area contributed by atoms with E-state index in [0.29, 0.717) is 11.8 Å². The van der Waals surface area contributed by atoms with Gasteiger partial charge in [-0.1, -0.05) is 89.1 Å². The minimum Gasteiger partial charge on any atom is -0.289 e. The first kappa shape index (κ1) is 18.4. The van der Waals surface area contributed by atoms with E-state index >= 15 is 0 Å². The highest BCUT2D eigenvalue weighted by molar-refractivity contribution is 6.08. The van der Waals surface area contributed by atoms with Gasteiger partial charge in [-0.05, 0) is 35.8 Å². The number of hydrogen-bond donors (Lipinski definition) is 0. The first-order valence-corrected chi connectivity index (χ1v) is 9.26. The summed E-state index contributed by atoms with van der Waals surface area (Å²) in [7, 11) is 0. The summed E-state index contributed by atoms with van der Waals surface area (Å²) in [6, 6.07) is 16.2. The van der Waals surface area contributed by atoms with Crippen molar-refractivity contribution in [3.63, 3.8) is 0 Å². The Morgan fingerprint density at radius 3 is 1.33 bits per heavy atom. The number of ketones is 1. The van der Waals surface area contributed by atoms with Gasteiger partial charge < -0.3 is 0 Å². The minimum atomic E-state index is 0.111. The second-order valence-corrected chi connectivity index (χ2v) is 7.16. The number of carbonyl (C=O) groups excluding carboxylic acids is 1. The summed E-state index contributed by atoms with van der Waals surface area (Å²) < 4.78 is 0. The number of carbonyl (C=O) groups is 1. The molecule has 1 nitrogen and oxygen atoms in total. The molecular weight excluding hydrogens is 292 g/mol. The van der Waals surface area contributed by atoms with Gasteiger partial charge in [0.1, 0.15) is 0 Å². The SMILES string of the molecule is CCC(C)Cc1ccc(C(=O)c2ccc(CC(C)CC)cc2)cc1. The molecule has 2 rings (SSSR count). The lowest BCUT2D eigenvalue weighted by Gasteiger charge is -2.10. The molecule has 0 saturated heterocycles. The number of hydrogen-bond acceptors (Lipinski definition) is 1. The van der Waals surface area contributed by atoms with Crippen molar-refractivity contribution < 1.29 is 4.79 Å². The van der Waals surface area contributed by atoms with Crippen molar-refractivity contribution in [2.75, 3.05) is 0 Å². The molecule has 0 N–H and O–H groups in total. The van der Waals surface area contributed by atoms with E-state index in [9.17, 15) is 4.79 Å². The molecule has 128 valence electrons. The fraction of sp³-hybridized carbons (Fsp3) is 0.435. The molecule has 1 heteroatoms. The minimum absolute atomic E-state index is 0.111. The predicted molar refractivity (Wildman–Crippen MR) is 103 cm³/mol. The van der Waals surface area contributed by atoms with Gasteiger partial charge in [0.25, 0.3) is 0 Å². The molecule has 24 heavy (non-hydrogen) atoms. The highest BCUT2D eigenvalue weighted by atomic mass is 16.1. The van der Waals surface area contributed by atoms with Crippen LogP contribution in [0.15, 0.2) is 48.5 Å². The Kier molecular flexibility index (Phi) is 6.78. The zero-order valence-electron chi connectivity index (χ0n) is 15.5. The summed E-state index contributed by atoms with van der Waals surface area (Å²) >= 11 is 0. The summed E-state index contributed by atoms with van der Waals surface area (Å²) in [5, 5.41) is 0. The highest BCUT2D eigenvalue weighted by Gasteiger charge is 2.10. The maximum atomic E-state index is 12.6. The van der Waals surface area contributed by atoms with E-state index < -0.39 is 0 Å². The van der Waals surface area contributed by atoms with Gasteiger partial charge in [0.05, 0.1) is 0 Å². The second-order valence-electron chi connectivity index (χ2n) is 7.16. The Morgan fingerprint density at radius 2 is 1.04 bits per heavy atom. The summed E-state index contributed by atoms with van der Waals surface area (Å²) in [6.45, 7) is 8.96. The van der Waals surface area contributed by atoms with Crippen LogP contribution in [0.25, 0.3) is 0 Å². The third-order valence-corrected chi connectivity index (χ3v) is 4.99. The molecule has 0 aliphatic heterocycles. The summed E-state index contributed by atoms with van der Waals surface area (Å²) in [4.78, 5) is 12.6. The largest absolute Gasteiger partial charge is 0.289 e. The molecular formula is C23H30O. The van der Waals surface area contributed by atoms with Crippen molar-refractivity contribution in [1.29, 1.82) is 0 Å². The van der Waals surface area contributed by atoms with Gasteiger partial charge in [0, 0.05) is 11.1 Å². The summed E-state index contributed by atoms with van der Waals surface area (Å²) in [5.41, 5.74) is 4.17. The van der Waals surface area contributed by atoms with E-state index in [0.717, 1.165) is 24.0 Å². The van der Waals surface area contributed by atoms with Crippen molar-refractivity contribution >= 4 is 5.78 Å². The molecule has 0 bridgehead atoms. The Labute approximate surface area is 147 Å². The maximum absolute atomic E-state index is 12.6. The van der Waals surface area contributed by atoms with Crippen LogP contribution in [0, 0.1) is 11.8 Å². The van der Waals surface area contributed by atoms with Crippen LogP contribution in [0.2, 0.25) is 0 Å². The summed E-state index contributed by atoms with van der Waals surface area (Å²) in [6.07, 6.45) is 4.53. The average molecular weight is 322 g/mol. The van der Waals surface area contributed by atoms with Gasteiger partial charge in [-0.15, -0.1) is 0 Å².